The lowest BCUT2D eigenvalue weighted by atomic mass is 10.1. The quantitative estimate of drug-likeness (QED) is 0.566. The number of ether oxygens (including phenoxy) is 1. The number of hydrogen-bond acceptors (Lipinski definition) is 3. The van der Waals surface area contributed by atoms with E-state index < -0.39 is 11.8 Å². The molecular formula is C19H18BrN3O3. The third-order valence-corrected chi connectivity index (χ3v) is 4.17. The van der Waals surface area contributed by atoms with Crippen molar-refractivity contribution in [2.24, 2.45) is 0 Å². The summed E-state index contributed by atoms with van der Waals surface area (Å²) in [5, 5.41) is 0.784. The summed E-state index contributed by atoms with van der Waals surface area (Å²) in [6.45, 7) is 3.75. The van der Waals surface area contributed by atoms with Crippen LogP contribution in [0.3, 0.4) is 0 Å². The first-order valence-corrected chi connectivity index (χ1v) is 8.88. The van der Waals surface area contributed by atoms with Crippen molar-refractivity contribution in [3.05, 3.63) is 64.3 Å². The zero-order valence-electron chi connectivity index (χ0n) is 14.3. The summed E-state index contributed by atoms with van der Waals surface area (Å²) in [6.07, 6.45) is 1.52. The Hall–Kier alpha value is -2.80. The molecule has 1 aromatic heterocycles. The first-order chi connectivity index (χ1) is 12.5. The Labute approximate surface area is 159 Å². The van der Waals surface area contributed by atoms with Crippen LogP contribution in [-0.4, -0.2) is 22.9 Å². The zero-order chi connectivity index (χ0) is 18.7. The molecule has 0 bridgehead atoms. The summed E-state index contributed by atoms with van der Waals surface area (Å²) >= 11 is 3.36. The maximum atomic E-state index is 12.5. The molecule has 6 nitrogen and oxygen atoms in total. The number of hydrogen-bond donors (Lipinski definition) is 3. The Morgan fingerprint density at radius 3 is 2.46 bits per heavy atom. The van der Waals surface area contributed by atoms with Crippen molar-refractivity contribution in [2.45, 2.75) is 20.0 Å². The van der Waals surface area contributed by atoms with Crippen LogP contribution in [-0.2, 0) is 0 Å². The third kappa shape index (κ3) is 3.88. The van der Waals surface area contributed by atoms with Crippen LogP contribution in [0.5, 0.6) is 5.75 Å². The van der Waals surface area contributed by atoms with E-state index in [1.54, 1.807) is 24.4 Å². The summed E-state index contributed by atoms with van der Waals surface area (Å²) in [5.74, 6) is -0.422. The molecular weight excluding hydrogens is 398 g/mol. The normalized spacial score (nSPS) is 10.8. The number of para-hydroxylation sites is 1. The van der Waals surface area contributed by atoms with E-state index >= 15 is 0 Å². The molecule has 0 radical (unpaired) electrons. The first-order valence-electron chi connectivity index (χ1n) is 8.08. The van der Waals surface area contributed by atoms with Crippen LogP contribution in [0, 0.1) is 0 Å². The standard InChI is InChI=1S/C19H18BrN3O3/c1-11(2)26-17-9-12(20)7-8-14(17)18(24)22-23-19(25)15-10-21-16-6-4-3-5-13(15)16/h3-11,21H,1-2H3,(H,22,24)(H,23,25). The molecule has 2 aromatic carbocycles. The van der Waals surface area contributed by atoms with Crippen LogP contribution in [0.25, 0.3) is 10.9 Å². The van der Waals surface area contributed by atoms with Crippen LogP contribution < -0.4 is 15.6 Å². The van der Waals surface area contributed by atoms with Crippen molar-refractivity contribution in [3.8, 4) is 5.75 Å². The minimum Gasteiger partial charge on any atom is -0.490 e. The van der Waals surface area contributed by atoms with E-state index in [9.17, 15) is 9.59 Å². The molecule has 26 heavy (non-hydrogen) atoms. The Bertz CT molecular complexity index is 966. The fourth-order valence-corrected chi connectivity index (χ4v) is 2.88. The molecule has 0 fully saturated rings. The highest BCUT2D eigenvalue weighted by molar-refractivity contribution is 9.10. The van der Waals surface area contributed by atoms with E-state index in [2.05, 4.69) is 31.8 Å². The minimum absolute atomic E-state index is 0.0864. The second-order valence-corrected chi connectivity index (χ2v) is 6.88. The van der Waals surface area contributed by atoms with Crippen LogP contribution in [0.4, 0.5) is 0 Å². The lowest BCUT2D eigenvalue weighted by Crippen LogP contribution is -2.41. The number of carbonyl (C=O) groups excluding carboxylic acids is 2. The van der Waals surface area contributed by atoms with Crippen molar-refractivity contribution in [1.29, 1.82) is 0 Å². The topological polar surface area (TPSA) is 83.2 Å². The van der Waals surface area contributed by atoms with Crippen LogP contribution >= 0.6 is 15.9 Å². The van der Waals surface area contributed by atoms with Gasteiger partial charge in [-0.3, -0.25) is 20.4 Å². The van der Waals surface area contributed by atoms with Gasteiger partial charge in [-0.1, -0.05) is 34.1 Å². The van der Waals surface area contributed by atoms with Gasteiger partial charge < -0.3 is 9.72 Å². The number of carbonyl (C=O) groups is 2. The predicted octanol–water partition coefficient (Wildman–Crippen LogP) is 3.79. The SMILES string of the molecule is CC(C)Oc1cc(Br)ccc1C(=O)NNC(=O)c1c[nH]c2ccccc12. The van der Waals surface area contributed by atoms with Crippen molar-refractivity contribution < 1.29 is 14.3 Å². The summed E-state index contributed by atoms with van der Waals surface area (Å²) in [7, 11) is 0. The monoisotopic (exact) mass is 415 g/mol. The summed E-state index contributed by atoms with van der Waals surface area (Å²) < 4.78 is 6.47. The fraction of sp³-hybridized carbons (Fsp3) is 0.158. The lowest BCUT2D eigenvalue weighted by molar-refractivity contribution is 0.0844. The number of benzene rings is 2. The largest absolute Gasteiger partial charge is 0.490 e. The van der Waals surface area contributed by atoms with Gasteiger partial charge in [-0.2, -0.15) is 0 Å². The average Bonchev–Trinajstić information content (AvgIpc) is 3.03. The van der Waals surface area contributed by atoms with Gasteiger partial charge in [0.2, 0.25) is 0 Å². The highest BCUT2D eigenvalue weighted by Crippen LogP contribution is 2.25. The maximum absolute atomic E-state index is 12.5. The third-order valence-electron chi connectivity index (χ3n) is 3.67. The van der Waals surface area contributed by atoms with Crippen molar-refractivity contribution in [2.75, 3.05) is 0 Å². The molecule has 0 atom stereocenters. The predicted molar refractivity (Wildman–Crippen MR) is 103 cm³/mol. The van der Waals surface area contributed by atoms with Crippen molar-refractivity contribution >= 4 is 38.6 Å². The van der Waals surface area contributed by atoms with Crippen LogP contribution in [0.15, 0.2) is 53.1 Å². The van der Waals surface area contributed by atoms with E-state index in [-0.39, 0.29) is 6.10 Å². The Morgan fingerprint density at radius 2 is 1.73 bits per heavy atom. The number of halogens is 1. The summed E-state index contributed by atoms with van der Waals surface area (Å²) in [4.78, 5) is 27.9. The molecule has 0 spiro atoms. The lowest BCUT2D eigenvalue weighted by Gasteiger charge is -2.15. The fourth-order valence-electron chi connectivity index (χ4n) is 2.54. The van der Waals surface area contributed by atoms with Crippen LogP contribution in [0.2, 0.25) is 0 Å². The number of aromatic amines is 1. The molecule has 0 saturated heterocycles. The van der Waals surface area contributed by atoms with E-state index in [1.807, 2.05) is 38.1 Å². The second-order valence-electron chi connectivity index (χ2n) is 5.96. The number of rotatable bonds is 4. The summed E-state index contributed by atoms with van der Waals surface area (Å²) in [5.41, 5.74) is 6.52. The minimum atomic E-state index is -0.457. The average molecular weight is 416 g/mol. The Balaban J connectivity index is 1.74. The van der Waals surface area contributed by atoms with Crippen molar-refractivity contribution in [1.82, 2.24) is 15.8 Å². The van der Waals surface area contributed by atoms with Gasteiger partial charge in [0, 0.05) is 21.6 Å². The van der Waals surface area contributed by atoms with Crippen LogP contribution in [0.1, 0.15) is 34.6 Å². The van der Waals surface area contributed by atoms with E-state index in [0.29, 0.717) is 16.9 Å². The van der Waals surface area contributed by atoms with Gasteiger partial charge in [-0.25, -0.2) is 0 Å². The van der Waals surface area contributed by atoms with Gasteiger partial charge in [0.25, 0.3) is 11.8 Å². The summed E-state index contributed by atoms with van der Waals surface area (Å²) in [6, 6.07) is 12.5. The molecule has 3 aromatic rings. The highest BCUT2D eigenvalue weighted by atomic mass is 79.9. The molecule has 3 rings (SSSR count). The number of amides is 2. The van der Waals surface area contributed by atoms with E-state index in [4.69, 9.17) is 4.74 Å². The van der Waals surface area contributed by atoms with E-state index in [0.717, 1.165) is 15.4 Å². The molecule has 7 heteroatoms. The maximum Gasteiger partial charge on any atom is 0.273 e. The van der Waals surface area contributed by atoms with Crippen molar-refractivity contribution in [3.63, 3.8) is 0 Å². The molecule has 0 aliphatic heterocycles. The first kappa shape index (κ1) is 18.0. The number of aromatic nitrogens is 1. The molecule has 0 aliphatic rings. The van der Waals surface area contributed by atoms with E-state index in [1.165, 1.54) is 0 Å². The van der Waals surface area contributed by atoms with Gasteiger partial charge in [-0.05, 0) is 38.1 Å². The van der Waals surface area contributed by atoms with Gasteiger partial charge in [0.15, 0.2) is 0 Å². The molecule has 3 N–H and O–H groups in total. The second kappa shape index (κ2) is 7.61. The molecule has 2 amide bonds. The van der Waals surface area contributed by atoms with Gasteiger partial charge >= 0.3 is 0 Å². The highest BCUT2D eigenvalue weighted by Gasteiger charge is 2.17. The molecule has 1 heterocycles. The molecule has 0 aliphatic carbocycles. The molecule has 0 saturated carbocycles. The smallest absolute Gasteiger partial charge is 0.273 e. The van der Waals surface area contributed by atoms with Gasteiger partial charge in [-0.15, -0.1) is 0 Å². The van der Waals surface area contributed by atoms with Gasteiger partial charge in [0.05, 0.1) is 17.2 Å². The Kier molecular flexibility index (Phi) is 5.27. The zero-order valence-corrected chi connectivity index (χ0v) is 15.9. The van der Waals surface area contributed by atoms with Gasteiger partial charge in [0.1, 0.15) is 5.75 Å². The number of fused-ring (bicyclic) bond motifs is 1. The molecule has 134 valence electrons. The number of hydrazine groups is 1. The Morgan fingerprint density at radius 1 is 1.04 bits per heavy atom. The number of H-pyrrole nitrogens is 1. The molecule has 0 unspecified atom stereocenters. The number of nitrogens with one attached hydrogen (secondary N) is 3.